The number of amides is 1. The molecule has 1 atom stereocenters. The monoisotopic (exact) mass is 335 g/mol. The minimum atomic E-state index is -0.999. The largest absolute Gasteiger partial charge is 0.481 e. The predicted octanol–water partition coefficient (Wildman–Crippen LogP) is 3.16. The first kappa shape index (κ1) is 17.4. The zero-order valence-electron chi connectivity index (χ0n) is 13.0. The Morgan fingerprint density at radius 1 is 1.12 bits per heavy atom. The van der Waals surface area contributed by atoms with Crippen molar-refractivity contribution in [3.63, 3.8) is 0 Å². The molecule has 0 aromatic heterocycles. The molecule has 0 aliphatic carbocycles. The molecule has 0 aliphatic rings. The van der Waals surface area contributed by atoms with Crippen LogP contribution in [0.3, 0.4) is 0 Å². The van der Waals surface area contributed by atoms with E-state index >= 15 is 0 Å². The first-order chi connectivity index (χ1) is 11.4. The number of esters is 1. The van der Waals surface area contributed by atoms with Gasteiger partial charge in [-0.1, -0.05) is 6.07 Å². The number of halogens is 2. The molecule has 0 unspecified atom stereocenters. The van der Waals surface area contributed by atoms with Crippen molar-refractivity contribution in [3.8, 4) is 5.75 Å². The Morgan fingerprint density at radius 2 is 1.88 bits per heavy atom. The molecule has 2 rings (SSSR count). The highest BCUT2D eigenvalue weighted by Crippen LogP contribution is 2.18. The van der Waals surface area contributed by atoms with Crippen LogP contribution in [-0.2, 0) is 9.53 Å². The van der Waals surface area contributed by atoms with Crippen LogP contribution in [0.1, 0.15) is 17.3 Å². The van der Waals surface area contributed by atoms with Gasteiger partial charge in [0.2, 0.25) is 0 Å². The molecule has 0 spiro atoms. The van der Waals surface area contributed by atoms with E-state index in [9.17, 15) is 18.4 Å². The maximum atomic E-state index is 13.5. The Labute approximate surface area is 137 Å². The second-order valence-electron chi connectivity index (χ2n) is 4.89. The molecule has 1 N–H and O–H groups in total. The quantitative estimate of drug-likeness (QED) is 0.853. The van der Waals surface area contributed by atoms with Crippen LogP contribution in [0, 0.1) is 11.6 Å². The molecular formula is C17H15F2NO4. The maximum absolute atomic E-state index is 13.5. The summed E-state index contributed by atoms with van der Waals surface area (Å²) < 4.78 is 36.6. The lowest BCUT2D eigenvalue weighted by Gasteiger charge is -2.15. The smallest absolute Gasteiger partial charge is 0.337 e. The predicted molar refractivity (Wildman–Crippen MR) is 82.9 cm³/mol. The molecule has 2 aromatic carbocycles. The van der Waals surface area contributed by atoms with E-state index in [0.29, 0.717) is 0 Å². The third-order valence-corrected chi connectivity index (χ3v) is 3.12. The minimum absolute atomic E-state index is 0.263. The van der Waals surface area contributed by atoms with Gasteiger partial charge in [0.05, 0.1) is 18.4 Å². The Balaban J connectivity index is 2.06. The first-order valence-electron chi connectivity index (χ1n) is 7.01. The Morgan fingerprint density at radius 3 is 2.58 bits per heavy atom. The third kappa shape index (κ3) is 4.28. The lowest BCUT2D eigenvalue weighted by molar-refractivity contribution is -0.122. The first-order valence-corrected chi connectivity index (χ1v) is 7.01. The normalized spacial score (nSPS) is 11.5. The van der Waals surface area contributed by atoms with Crippen molar-refractivity contribution in [2.75, 3.05) is 12.4 Å². The van der Waals surface area contributed by atoms with E-state index < -0.39 is 29.6 Å². The van der Waals surface area contributed by atoms with Crippen molar-refractivity contribution >= 4 is 17.6 Å². The molecule has 0 radical (unpaired) electrons. The summed E-state index contributed by atoms with van der Waals surface area (Å²) in [6.07, 6.45) is -0.999. The van der Waals surface area contributed by atoms with Gasteiger partial charge in [-0.15, -0.1) is 0 Å². The minimum Gasteiger partial charge on any atom is -0.481 e. The summed E-state index contributed by atoms with van der Waals surface area (Å²) in [5, 5.41) is 2.25. The number of hydrogen-bond donors (Lipinski definition) is 1. The highest BCUT2D eigenvalue weighted by Gasteiger charge is 2.17. The second-order valence-corrected chi connectivity index (χ2v) is 4.89. The van der Waals surface area contributed by atoms with Gasteiger partial charge in [0.1, 0.15) is 17.4 Å². The summed E-state index contributed by atoms with van der Waals surface area (Å²) in [5.74, 6) is -2.38. The zero-order chi connectivity index (χ0) is 17.7. The van der Waals surface area contributed by atoms with Crippen LogP contribution in [0.4, 0.5) is 14.5 Å². The number of hydrogen-bond acceptors (Lipinski definition) is 4. The van der Waals surface area contributed by atoms with E-state index in [0.717, 1.165) is 18.2 Å². The van der Waals surface area contributed by atoms with Gasteiger partial charge in [0.25, 0.3) is 5.91 Å². The number of carbonyl (C=O) groups is 2. The molecule has 5 nitrogen and oxygen atoms in total. The molecule has 2 aromatic rings. The molecule has 0 aliphatic heterocycles. The van der Waals surface area contributed by atoms with Crippen LogP contribution in [0.2, 0.25) is 0 Å². The molecule has 0 bridgehead atoms. The van der Waals surface area contributed by atoms with E-state index in [1.54, 1.807) is 12.1 Å². The molecule has 0 saturated carbocycles. The lowest BCUT2D eigenvalue weighted by Crippen LogP contribution is -2.30. The van der Waals surface area contributed by atoms with Gasteiger partial charge in [0.15, 0.2) is 6.10 Å². The van der Waals surface area contributed by atoms with Crippen LogP contribution in [0.25, 0.3) is 0 Å². The SMILES string of the molecule is COC(=O)c1cccc(O[C@H](C)C(=O)Nc2cc(F)ccc2F)c1. The van der Waals surface area contributed by atoms with Crippen molar-refractivity contribution in [3.05, 3.63) is 59.7 Å². The number of rotatable bonds is 5. The molecule has 7 heteroatoms. The van der Waals surface area contributed by atoms with Crippen molar-refractivity contribution in [1.29, 1.82) is 0 Å². The summed E-state index contributed by atoms with van der Waals surface area (Å²) >= 11 is 0. The fourth-order valence-corrected chi connectivity index (χ4v) is 1.90. The van der Waals surface area contributed by atoms with E-state index in [4.69, 9.17) is 4.74 Å². The second kappa shape index (κ2) is 7.54. The zero-order valence-corrected chi connectivity index (χ0v) is 13.0. The van der Waals surface area contributed by atoms with Crippen LogP contribution >= 0.6 is 0 Å². The maximum Gasteiger partial charge on any atom is 0.337 e. The highest BCUT2D eigenvalue weighted by atomic mass is 19.1. The van der Waals surface area contributed by atoms with Gasteiger partial charge in [-0.25, -0.2) is 13.6 Å². The third-order valence-electron chi connectivity index (χ3n) is 3.12. The van der Waals surface area contributed by atoms with Crippen molar-refractivity contribution < 1.29 is 27.8 Å². The molecule has 126 valence electrons. The average molecular weight is 335 g/mol. The van der Waals surface area contributed by atoms with E-state index in [1.807, 2.05) is 0 Å². The summed E-state index contributed by atoms with van der Waals surface area (Å²) in [6, 6.07) is 8.80. The molecule has 0 heterocycles. The topological polar surface area (TPSA) is 64.6 Å². The number of benzene rings is 2. The van der Waals surface area contributed by atoms with Crippen molar-refractivity contribution in [1.82, 2.24) is 0 Å². The summed E-state index contributed by atoms with van der Waals surface area (Å²) in [5.41, 5.74) is -0.0162. The van der Waals surface area contributed by atoms with Crippen LogP contribution in [0.5, 0.6) is 5.75 Å². The summed E-state index contributed by atoms with van der Waals surface area (Å²) in [6.45, 7) is 1.44. The van der Waals surface area contributed by atoms with Crippen molar-refractivity contribution in [2.24, 2.45) is 0 Å². The fraction of sp³-hybridized carbons (Fsp3) is 0.176. The van der Waals surface area contributed by atoms with Crippen LogP contribution in [0.15, 0.2) is 42.5 Å². The molecule has 1 amide bonds. The lowest BCUT2D eigenvalue weighted by atomic mass is 10.2. The van der Waals surface area contributed by atoms with E-state index in [1.165, 1.54) is 26.2 Å². The standard InChI is InChI=1S/C17H15F2NO4/c1-10(16(21)20-15-9-12(18)6-7-14(15)19)24-13-5-3-4-11(8-13)17(22)23-2/h3-10H,1-2H3,(H,20,21)/t10-/m1/s1. The Kier molecular flexibility index (Phi) is 5.47. The number of carbonyl (C=O) groups excluding carboxylic acids is 2. The van der Waals surface area contributed by atoms with E-state index in [-0.39, 0.29) is 17.0 Å². The van der Waals surface area contributed by atoms with E-state index in [2.05, 4.69) is 10.1 Å². The molecular weight excluding hydrogens is 320 g/mol. The van der Waals surface area contributed by atoms with Gasteiger partial charge in [-0.05, 0) is 37.3 Å². The van der Waals surface area contributed by atoms with Gasteiger partial charge in [0, 0.05) is 6.07 Å². The summed E-state index contributed by atoms with van der Waals surface area (Å²) in [7, 11) is 1.25. The number of methoxy groups -OCH3 is 1. The molecule has 24 heavy (non-hydrogen) atoms. The number of anilines is 1. The summed E-state index contributed by atoms with van der Waals surface area (Å²) in [4.78, 5) is 23.5. The van der Waals surface area contributed by atoms with Gasteiger partial charge >= 0.3 is 5.97 Å². The fourth-order valence-electron chi connectivity index (χ4n) is 1.90. The van der Waals surface area contributed by atoms with Gasteiger partial charge < -0.3 is 14.8 Å². The van der Waals surface area contributed by atoms with Crippen LogP contribution in [-0.4, -0.2) is 25.1 Å². The highest BCUT2D eigenvalue weighted by molar-refractivity contribution is 5.94. The van der Waals surface area contributed by atoms with Crippen molar-refractivity contribution in [2.45, 2.75) is 13.0 Å². The van der Waals surface area contributed by atoms with Gasteiger partial charge in [-0.3, -0.25) is 4.79 Å². The number of nitrogens with one attached hydrogen (secondary N) is 1. The van der Waals surface area contributed by atoms with Gasteiger partial charge in [-0.2, -0.15) is 0 Å². The molecule has 0 fully saturated rings. The number of ether oxygens (including phenoxy) is 2. The Hall–Kier alpha value is -2.96. The Bertz CT molecular complexity index is 764. The average Bonchev–Trinajstić information content (AvgIpc) is 2.57. The molecule has 0 saturated heterocycles. The van der Waals surface area contributed by atoms with Crippen LogP contribution < -0.4 is 10.1 Å².